The summed E-state index contributed by atoms with van der Waals surface area (Å²) in [5.74, 6) is 0. The van der Waals surface area contributed by atoms with E-state index in [0.29, 0.717) is 6.61 Å². The first-order chi connectivity index (χ1) is 4.51. The van der Waals surface area contributed by atoms with Crippen molar-refractivity contribution in [1.29, 1.82) is 0 Å². The van der Waals surface area contributed by atoms with Gasteiger partial charge in [-0.25, -0.2) is 0 Å². The highest BCUT2D eigenvalue weighted by atomic mass is 127. The van der Waals surface area contributed by atoms with Crippen LogP contribution in [0.5, 0.6) is 0 Å². The summed E-state index contributed by atoms with van der Waals surface area (Å²) in [5.41, 5.74) is -0.0988. The Bertz CT molecular complexity index is 125. The van der Waals surface area contributed by atoms with E-state index < -0.39 is 0 Å². The fourth-order valence-electron chi connectivity index (χ4n) is 0.842. The van der Waals surface area contributed by atoms with Crippen LogP contribution in [0.1, 0.15) is 20.8 Å². The van der Waals surface area contributed by atoms with Gasteiger partial charge in [-0.1, -0.05) is 0 Å². The van der Waals surface area contributed by atoms with Gasteiger partial charge in [0.1, 0.15) is 4.11 Å². The smallest absolute Gasteiger partial charge is 0.135 e. The van der Waals surface area contributed by atoms with Gasteiger partial charge >= 0.3 is 0 Å². The zero-order valence-electron chi connectivity index (χ0n) is 6.56. The molecule has 2 atom stereocenters. The average Bonchev–Trinajstić information content (AvgIpc) is 1.79. The lowest BCUT2D eigenvalue weighted by molar-refractivity contribution is -0.177. The van der Waals surface area contributed by atoms with Gasteiger partial charge in [0, 0.05) is 0 Å². The molecule has 2 unspecified atom stereocenters. The van der Waals surface area contributed by atoms with E-state index in [9.17, 15) is 0 Å². The summed E-state index contributed by atoms with van der Waals surface area (Å²) in [7, 11) is 0. The molecule has 1 saturated heterocycles. The molecule has 0 saturated carbocycles. The van der Waals surface area contributed by atoms with Gasteiger partial charge in [-0.05, 0) is 43.4 Å². The molecule has 0 radical (unpaired) electrons. The summed E-state index contributed by atoms with van der Waals surface area (Å²) in [4.78, 5) is 0. The van der Waals surface area contributed by atoms with Gasteiger partial charge < -0.3 is 9.47 Å². The quantitative estimate of drug-likeness (QED) is 0.487. The normalized spacial score (nSPS) is 39.6. The molecule has 1 aliphatic heterocycles. The van der Waals surface area contributed by atoms with Gasteiger partial charge in [-0.3, -0.25) is 0 Å². The van der Waals surface area contributed by atoms with Crippen molar-refractivity contribution < 1.29 is 9.47 Å². The van der Waals surface area contributed by atoms with Crippen molar-refractivity contribution >= 4 is 22.6 Å². The topological polar surface area (TPSA) is 18.5 Å². The first-order valence-electron chi connectivity index (χ1n) is 3.45. The first-order valence-corrected chi connectivity index (χ1v) is 4.69. The molecule has 1 aliphatic rings. The predicted octanol–water partition coefficient (Wildman–Crippen LogP) is 1.96. The SMILES string of the molecule is CC1OCC(C)(C)OC1I. The van der Waals surface area contributed by atoms with Gasteiger partial charge in [0.15, 0.2) is 0 Å². The molecule has 1 heterocycles. The van der Waals surface area contributed by atoms with Crippen molar-refractivity contribution in [3.63, 3.8) is 0 Å². The average molecular weight is 256 g/mol. The standard InChI is InChI=1S/C7H13IO2/c1-5-6(8)10-7(2,3)4-9-5/h5-6H,4H2,1-3H3. The summed E-state index contributed by atoms with van der Waals surface area (Å²) in [6, 6.07) is 0. The Balaban J connectivity index is 2.49. The second-order valence-corrected chi connectivity index (χ2v) is 4.47. The van der Waals surface area contributed by atoms with E-state index in [0.717, 1.165) is 0 Å². The Kier molecular flexibility index (Phi) is 2.58. The fraction of sp³-hybridized carbons (Fsp3) is 1.00. The summed E-state index contributed by atoms with van der Waals surface area (Å²) < 4.78 is 11.3. The summed E-state index contributed by atoms with van der Waals surface area (Å²) in [6.45, 7) is 6.83. The van der Waals surface area contributed by atoms with Crippen LogP contribution in [0.25, 0.3) is 0 Å². The number of ether oxygens (including phenoxy) is 2. The van der Waals surface area contributed by atoms with Crippen LogP contribution in [-0.2, 0) is 9.47 Å². The van der Waals surface area contributed by atoms with Gasteiger partial charge in [0.25, 0.3) is 0 Å². The number of hydrogen-bond donors (Lipinski definition) is 0. The van der Waals surface area contributed by atoms with E-state index in [-0.39, 0.29) is 15.8 Å². The van der Waals surface area contributed by atoms with Gasteiger partial charge in [-0.15, -0.1) is 0 Å². The lowest BCUT2D eigenvalue weighted by atomic mass is 10.1. The molecular formula is C7H13IO2. The highest BCUT2D eigenvalue weighted by molar-refractivity contribution is 14.1. The van der Waals surface area contributed by atoms with E-state index >= 15 is 0 Å². The second-order valence-electron chi connectivity index (χ2n) is 3.24. The largest absolute Gasteiger partial charge is 0.372 e. The minimum Gasteiger partial charge on any atom is -0.372 e. The van der Waals surface area contributed by atoms with Crippen LogP contribution >= 0.6 is 22.6 Å². The highest BCUT2D eigenvalue weighted by Gasteiger charge is 2.32. The maximum absolute atomic E-state index is 5.65. The first kappa shape index (κ1) is 8.74. The fourth-order valence-corrected chi connectivity index (χ4v) is 1.74. The van der Waals surface area contributed by atoms with E-state index in [2.05, 4.69) is 22.6 Å². The van der Waals surface area contributed by atoms with Crippen LogP contribution in [0.15, 0.2) is 0 Å². The van der Waals surface area contributed by atoms with Crippen LogP contribution in [0.3, 0.4) is 0 Å². The van der Waals surface area contributed by atoms with Crippen LogP contribution in [0.2, 0.25) is 0 Å². The Morgan fingerprint density at radius 2 is 2.10 bits per heavy atom. The van der Waals surface area contributed by atoms with E-state index in [1.54, 1.807) is 0 Å². The Labute approximate surface area is 75.4 Å². The number of hydrogen-bond acceptors (Lipinski definition) is 2. The molecule has 0 bridgehead atoms. The van der Waals surface area contributed by atoms with Crippen molar-refractivity contribution in [2.24, 2.45) is 0 Å². The molecule has 0 aromatic rings. The Morgan fingerprint density at radius 3 is 2.50 bits per heavy atom. The van der Waals surface area contributed by atoms with Crippen LogP contribution in [0.4, 0.5) is 0 Å². The minimum atomic E-state index is -0.0988. The van der Waals surface area contributed by atoms with Crippen LogP contribution in [0, 0.1) is 0 Å². The molecule has 1 fully saturated rings. The third-order valence-corrected chi connectivity index (χ3v) is 2.76. The number of halogens is 1. The van der Waals surface area contributed by atoms with Crippen molar-refractivity contribution in [1.82, 2.24) is 0 Å². The molecule has 2 nitrogen and oxygen atoms in total. The monoisotopic (exact) mass is 256 g/mol. The maximum atomic E-state index is 5.65. The summed E-state index contributed by atoms with van der Waals surface area (Å²) >= 11 is 2.26. The third-order valence-electron chi connectivity index (χ3n) is 1.49. The molecule has 60 valence electrons. The summed E-state index contributed by atoms with van der Waals surface area (Å²) in [5, 5.41) is 0. The number of rotatable bonds is 0. The lowest BCUT2D eigenvalue weighted by Gasteiger charge is -2.37. The molecular weight excluding hydrogens is 243 g/mol. The molecule has 0 aromatic carbocycles. The van der Waals surface area contributed by atoms with Crippen molar-refractivity contribution in [3.05, 3.63) is 0 Å². The summed E-state index contributed by atoms with van der Waals surface area (Å²) in [6.07, 6.45) is 0.230. The number of alkyl halides is 1. The zero-order chi connectivity index (χ0) is 7.78. The molecule has 0 aromatic heterocycles. The lowest BCUT2D eigenvalue weighted by Crippen LogP contribution is -2.44. The predicted molar refractivity (Wildman–Crippen MR) is 48.4 cm³/mol. The van der Waals surface area contributed by atoms with Crippen molar-refractivity contribution in [3.8, 4) is 0 Å². The zero-order valence-corrected chi connectivity index (χ0v) is 8.71. The molecule has 0 amide bonds. The van der Waals surface area contributed by atoms with E-state index in [4.69, 9.17) is 9.47 Å². The maximum Gasteiger partial charge on any atom is 0.135 e. The van der Waals surface area contributed by atoms with E-state index in [1.165, 1.54) is 0 Å². The molecule has 0 N–H and O–H groups in total. The van der Waals surface area contributed by atoms with Gasteiger partial charge in [0.2, 0.25) is 0 Å². The minimum absolute atomic E-state index is 0.0988. The second kappa shape index (κ2) is 2.95. The molecule has 0 spiro atoms. The Hall–Kier alpha value is 0.650. The van der Waals surface area contributed by atoms with Crippen LogP contribution in [-0.4, -0.2) is 22.4 Å². The molecule has 0 aliphatic carbocycles. The molecule has 10 heavy (non-hydrogen) atoms. The highest BCUT2D eigenvalue weighted by Crippen LogP contribution is 2.26. The third kappa shape index (κ3) is 2.07. The molecule has 3 heteroatoms. The van der Waals surface area contributed by atoms with Crippen molar-refractivity contribution in [2.75, 3.05) is 6.61 Å². The molecule has 1 rings (SSSR count). The van der Waals surface area contributed by atoms with Gasteiger partial charge in [0.05, 0.1) is 18.3 Å². The van der Waals surface area contributed by atoms with E-state index in [1.807, 2.05) is 20.8 Å². The van der Waals surface area contributed by atoms with Crippen molar-refractivity contribution in [2.45, 2.75) is 36.6 Å². The Morgan fingerprint density at radius 1 is 1.50 bits per heavy atom. The van der Waals surface area contributed by atoms with Gasteiger partial charge in [-0.2, -0.15) is 0 Å². The van der Waals surface area contributed by atoms with Crippen LogP contribution < -0.4 is 0 Å².